The highest BCUT2D eigenvalue weighted by molar-refractivity contribution is 7.89. The molecule has 1 aliphatic heterocycles. The zero-order valence-corrected chi connectivity index (χ0v) is 14.3. The van der Waals surface area contributed by atoms with Crippen molar-refractivity contribution in [2.24, 2.45) is 11.7 Å². The van der Waals surface area contributed by atoms with Crippen molar-refractivity contribution in [2.75, 3.05) is 18.8 Å². The van der Waals surface area contributed by atoms with Crippen molar-refractivity contribution in [3.8, 4) is 0 Å². The fourth-order valence-corrected chi connectivity index (χ4v) is 5.94. The smallest absolute Gasteiger partial charge is 0.214 e. The lowest BCUT2D eigenvalue weighted by atomic mass is 9.72. The lowest BCUT2D eigenvalue weighted by Crippen LogP contribution is -2.52. The summed E-state index contributed by atoms with van der Waals surface area (Å²) in [5.41, 5.74) is 9.13. The maximum Gasteiger partial charge on any atom is 0.214 e. The van der Waals surface area contributed by atoms with E-state index >= 15 is 0 Å². The van der Waals surface area contributed by atoms with Crippen LogP contribution in [-0.4, -0.2) is 37.6 Å². The number of benzene rings is 1. The molecule has 0 amide bonds. The molecule has 1 aliphatic carbocycles. The van der Waals surface area contributed by atoms with Crippen LogP contribution >= 0.6 is 0 Å². The molecule has 1 aromatic carbocycles. The zero-order chi connectivity index (χ0) is 16.0. The van der Waals surface area contributed by atoms with Crippen LogP contribution in [0, 0.1) is 5.92 Å². The first kappa shape index (κ1) is 16.0. The van der Waals surface area contributed by atoms with Gasteiger partial charge in [-0.05, 0) is 36.3 Å². The summed E-state index contributed by atoms with van der Waals surface area (Å²) in [7, 11) is -3.13. The first-order valence-corrected chi connectivity index (χ1v) is 9.78. The molecule has 1 aromatic rings. The fraction of sp³-hybridized carbons (Fsp3) is 0.647. The van der Waals surface area contributed by atoms with Gasteiger partial charge in [-0.2, -0.15) is 0 Å². The summed E-state index contributed by atoms with van der Waals surface area (Å²) in [4.78, 5) is 0. The summed E-state index contributed by atoms with van der Waals surface area (Å²) in [5, 5.41) is 0. The van der Waals surface area contributed by atoms with E-state index in [0.717, 1.165) is 19.3 Å². The SMILES string of the molecule is CC(C)CS(=O)(=O)N1CCC2(CC1)c1ccccc1CC2N. The molecule has 0 saturated carbocycles. The third kappa shape index (κ3) is 2.59. The molecule has 122 valence electrons. The van der Waals surface area contributed by atoms with Crippen molar-refractivity contribution in [3.63, 3.8) is 0 Å². The van der Waals surface area contributed by atoms with Crippen LogP contribution < -0.4 is 5.73 Å². The Bertz CT molecular complexity index is 646. The summed E-state index contributed by atoms with van der Waals surface area (Å²) in [6.45, 7) is 5.09. The summed E-state index contributed by atoms with van der Waals surface area (Å²) in [5.74, 6) is 0.401. The molecule has 0 bridgehead atoms. The first-order chi connectivity index (χ1) is 10.3. The van der Waals surface area contributed by atoms with Gasteiger partial charge in [-0.15, -0.1) is 0 Å². The second-order valence-corrected chi connectivity index (χ2v) is 9.21. The molecule has 3 rings (SSSR count). The lowest BCUT2D eigenvalue weighted by Gasteiger charge is -2.42. The van der Waals surface area contributed by atoms with E-state index in [1.807, 2.05) is 13.8 Å². The van der Waals surface area contributed by atoms with Crippen LogP contribution in [0.2, 0.25) is 0 Å². The van der Waals surface area contributed by atoms with Gasteiger partial charge in [0.15, 0.2) is 0 Å². The topological polar surface area (TPSA) is 63.4 Å². The summed E-state index contributed by atoms with van der Waals surface area (Å²) in [6, 6.07) is 8.58. The highest BCUT2D eigenvalue weighted by atomic mass is 32.2. The van der Waals surface area contributed by atoms with Crippen molar-refractivity contribution in [1.82, 2.24) is 4.31 Å². The Morgan fingerprint density at radius 1 is 1.27 bits per heavy atom. The molecule has 1 atom stereocenters. The van der Waals surface area contributed by atoms with Gasteiger partial charge in [-0.1, -0.05) is 38.1 Å². The largest absolute Gasteiger partial charge is 0.327 e. The van der Waals surface area contributed by atoms with Crippen LogP contribution in [0.25, 0.3) is 0 Å². The van der Waals surface area contributed by atoms with E-state index in [2.05, 4.69) is 24.3 Å². The molecule has 0 radical (unpaired) electrons. The van der Waals surface area contributed by atoms with Gasteiger partial charge < -0.3 is 5.73 Å². The van der Waals surface area contributed by atoms with Gasteiger partial charge in [-0.3, -0.25) is 0 Å². The van der Waals surface area contributed by atoms with E-state index in [0.29, 0.717) is 13.1 Å². The van der Waals surface area contributed by atoms with Gasteiger partial charge >= 0.3 is 0 Å². The number of nitrogens with two attached hydrogens (primary N) is 1. The van der Waals surface area contributed by atoms with Crippen molar-refractivity contribution in [2.45, 2.75) is 44.6 Å². The van der Waals surface area contributed by atoms with Crippen molar-refractivity contribution >= 4 is 10.0 Å². The Kier molecular flexibility index (Phi) is 4.08. The average Bonchev–Trinajstić information content (AvgIpc) is 2.71. The van der Waals surface area contributed by atoms with Gasteiger partial charge in [0.2, 0.25) is 10.0 Å². The van der Waals surface area contributed by atoms with Crippen LogP contribution in [0.3, 0.4) is 0 Å². The number of rotatable bonds is 3. The van der Waals surface area contributed by atoms with Gasteiger partial charge in [0.25, 0.3) is 0 Å². The predicted octanol–water partition coefficient (Wildman–Crippen LogP) is 1.89. The van der Waals surface area contributed by atoms with E-state index in [4.69, 9.17) is 5.73 Å². The van der Waals surface area contributed by atoms with E-state index in [1.54, 1.807) is 4.31 Å². The van der Waals surface area contributed by atoms with Crippen LogP contribution in [0.1, 0.15) is 37.8 Å². The lowest BCUT2D eigenvalue weighted by molar-refractivity contribution is 0.211. The minimum atomic E-state index is -3.13. The highest BCUT2D eigenvalue weighted by Gasteiger charge is 2.47. The number of hydrogen-bond donors (Lipinski definition) is 1. The average molecular weight is 322 g/mol. The van der Waals surface area contributed by atoms with Crippen molar-refractivity contribution in [3.05, 3.63) is 35.4 Å². The molecule has 1 heterocycles. The van der Waals surface area contributed by atoms with Gasteiger partial charge in [0.1, 0.15) is 0 Å². The van der Waals surface area contributed by atoms with E-state index < -0.39 is 10.0 Å². The van der Waals surface area contributed by atoms with Crippen LogP contribution in [0.5, 0.6) is 0 Å². The first-order valence-electron chi connectivity index (χ1n) is 8.17. The van der Waals surface area contributed by atoms with Crippen molar-refractivity contribution < 1.29 is 8.42 Å². The third-order valence-corrected chi connectivity index (χ3v) is 7.50. The second-order valence-electron chi connectivity index (χ2n) is 7.20. The number of fused-ring (bicyclic) bond motifs is 2. The summed E-state index contributed by atoms with van der Waals surface area (Å²) in [6.07, 6.45) is 2.58. The molecule has 2 N–H and O–H groups in total. The molecule has 1 saturated heterocycles. The Hall–Kier alpha value is -0.910. The number of nitrogens with zero attached hydrogens (tertiary/aromatic N) is 1. The molecule has 0 aromatic heterocycles. The number of hydrogen-bond acceptors (Lipinski definition) is 3. The highest BCUT2D eigenvalue weighted by Crippen LogP contribution is 2.45. The van der Waals surface area contributed by atoms with Crippen molar-refractivity contribution in [1.29, 1.82) is 0 Å². The summed E-state index contributed by atoms with van der Waals surface area (Å²) < 4.78 is 26.5. The Morgan fingerprint density at radius 2 is 1.91 bits per heavy atom. The van der Waals surface area contributed by atoms with Crippen LogP contribution in [-0.2, 0) is 21.9 Å². The Balaban J connectivity index is 1.80. The normalized spacial score (nSPS) is 24.8. The van der Waals surface area contributed by atoms with Crippen LogP contribution in [0.4, 0.5) is 0 Å². The molecule has 1 unspecified atom stereocenters. The fourth-order valence-electron chi connectivity index (χ4n) is 4.15. The molecule has 1 fully saturated rings. The van der Waals surface area contributed by atoms with Gasteiger partial charge in [0, 0.05) is 24.5 Å². The standard InChI is InChI=1S/C17H26N2O2S/c1-13(2)12-22(20,21)19-9-7-17(8-10-19)15-6-4-3-5-14(15)11-16(17)18/h3-6,13,16H,7-12,18H2,1-2H3. The van der Waals surface area contributed by atoms with E-state index in [-0.39, 0.29) is 23.1 Å². The monoisotopic (exact) mass is 322 g/mol. The third-order valence-electron chi connectivity index (χ3n) is 5.26. The number of piperidine rings is 1. The van der Waals surface area contributed by atoms with Gasteiger partial charge in [0.05, 0.1) is 5.75 Å². The maximum absolute atomic E-state index is 12.4. The molecule has 4 nitrogen and oxygen atoms in total. The Morgan fingerprint density at radius 3 is 2.55 bits per heavy atom. The molecule has 1 spiro atoms. The quantitative estimate of drug-likeness (QED) is 0.924. The minimum Gasteiger partial charge on any atom is -0.327 e. The molecule has 5 heteroatoms. The minimum absolute atomic E-state index is 0.0273. The Labute approximate surface area is 133 Å². The molecular weight excluding hydrogens is 296 g/mol. The maximum atomic E-state index is 12.4. The summed E-state index contributed by atoms with van der Waals surface area (Å²) >= 11 is 0. The second kappa shape index (κ2) is 5.62. The number of sulfonamides is 1. The van der Waals surface area contributed by atoms with Crippen LogP contribution in [0.15, 0.2) is 24.3 Å². The van der Waals surface area contributed by atoms with Gasteiger partial charge in [-0.25, -0.2) is 12.7 Å². The molecular formula is C17H26N2O2S. The van der Waals surface area contributed by atoms with E-state index in [1.165, 1.54) is 11.1 Å². The predicted molar refractivity (Wildman–Crippen MR) is 89.2 cm³/mol. The zero-order valence-electron chi connectivity index (χ0n) is 13.5. The van der Waals surface area contributed by atoms with E-state index in [9.17, 15) is 8.42 Å². The molecule has 22 heavy (non-hydrogen) atoms. The molecule has 2 aliphatic rings.